The van der Waals surface area contributed by atoms with Crippen molar-refractivity contribution in [3.63, 3.8) is 0 Å². The largest absolute Gasteiger partial charge is 0.280 e. The molecule has 1 N–H and O–H groups in total. The summed E-state index contributed by atoms with van der Waals surface area (Å²) in [5.41, 5.74) is 0.485. The van der Waals surface area contributed by atoms with Gasteiger partial charge in [-0.3, -0.25) is 5.10 Å². The van der Waals surface area contributed by atoms with Gasteiger partial charge in [-0.15, -0.1) is 0 Å². The van der Waals surface area contributed by atoms with Crippen molar-refractivity contribution >= 4 is 9.84 Å². The smallest absolute Gasteiger partial charge is 0.276 e. The second-order valence-corrected chi connectivity index (χ2v) is 5.81. The molecule has 7 heteroatoms. The molecular weight excluding hydrogens is 262 g/mol. The maximum absolute atomic E-state index is 12.6. The highest BCUT2D eigenvalue weighted by Gasteiger charge is 2.16. The average Bonchev–Trinajstić information content (AvgIpc) is 2.77. The van der Waals surface area contributed by atoms with Crippen molar-refractivity contribution in [1.82, 2.24) is 10.2 Å². The summed E-state index contributed by atoms with van der Waals surface area (Å²) in [6.07, 6.45) is -0.279. The van der Waals surface area contributed by atoms with E-state index in [9.17, 15) is 17.2 Å². The predicted octanol–water partition coefficient (Wildman–Crippen LogP) is 2.42. The Morgan fingerprint density at radius 3 is 2.33 bits per heavy atom. The van der Waals surface area contributed by atoms with Gasteiger partial charge in [-0.05, 0) is 17.7 Å². The molecular formula is C11H10F2N2O2S. The summed E-state index contributed by atoms with van der Waals surface area (Å²) >= 11 is 0. The molecule has 0 atom stereocenters. The minimum Gasteiger partial charge on any atom is -0.276 e. The molecule has 0 bridgehead atoms. The van der Waals surface area contributed by atoms with Gasteiger partial charge in [0.2, 0.25) is 0 Å². The van der Waals surface area contributed by atoms with Crippen molar-refractivity contribution in [2.45, 2.75) is 11.3 Å². The van der Waals surface area contributed by atoms with E-state index in [4.69, 9.17) is 0 Å². The fourth-order valence-corrected chi connectivity index (χ4v) is 2.20. The van der Waals surface area contributed by atoms with Gasteiger partial charge in [0.25, 0.3) is 6.43 Å². The first-order valence-corrected chi connectivity index (χ1v) is 6.90. The van der Waals surface area contributed by atoms with Crippen LogP contribution in [0.1, 0.15) is 12.1 Å². The van der Waals surface area contributed by atoms with Crippen LogP contribution < -0.4 is 0 Å². The Bertz CT molecular complexity index is 648. The van der Waals surface area contributed by atoms with E-state index < -0.39 is 16.3 Å². The van der Waals surface area contributed by atoms with Gasteiger partial charge in [0.1, 0.15) is 5.69 Å². The topological polar surface area (TPSA) is 62.8 Å². The van der Waals surface area contributed by atoms with Gasteiger partial charge in [-0.25, -0.2) is 17.2 Å². The third-order valence-corrected chi connectivity index (χ3v) is 3.61. The van der Waals surface area contributed by atoms with Gasteiger partial charge in [-0.1, -0.05) is 12.1 Å². The lowest BCUT2D eigenvalue weighted by molar-refractivity contribution is 0.146. The Morgan fingerprint density at radius 1 is 1.22 bits per heavy atom. The average molecular weight is 272 g/mol. The van der Waals surface area contributed by atoms with Crippen LogP contribution in [0.25, 0.3) is 11.1 Å². The van der Waals surface area contributed by atoms with Crippen molar-refractivity contribution in [2.24, 2.45) is 0 Å². The Labute approximate surface area is 103 Å². The minimum absolute atomic E-state index is 0.147. The van der Waals surface area contributed by atoms with Crippen LogP contribution in [0.4, 0.5) is 8.78 Å². The number of H-pyrrole nitrogens is 1. The van der Waals surface area contributed by atoms with Crippen molar-refractivity contribution in [2.75, 3.05) is 6.26 Å². The SMILES string of the molecule is CS(=O)(=O)c1ccc(-c2cn[nH]c2C(F)F)cc1. The Balaban J connectivity index is 2.44. The molecule has 2 rings (SSSR count). The number of rotatable bonds is 3. The number of hydrogen-bond acceptors (Lipinski definition) is 3. The van der Waals surface area contributed by atoms with Crippen LogP contribution >= 0.6 is 0 Å². The summed E-state index contributed by atoms with van der Waals surface area (Å²) in [5, 5.41) is 5.80. The van der Waals surface area contributed by atoms with E-state index in [2.05, 4.69) is 10.2 Å². The fraction of sp³-hybridized carbons (Fsp3) is 0.182. The first-order valence-electron chi connectivity index (χ1n) is 5.01. The zero-order valence-electron chi connectivity index (χ0n) is 9.39. The molecule has 96 valence electrons. The maximum Gasteiger partial charge on any atom is 0.280 e. The van der Waals surface area contributed by atoms with Gasteiger partial charge >= 0.3 is 0 Å². The maximum atomic E-state index is 12.6. The van der Waals surface area contributed by atoms with E-state index in [0.29, 0.717) is 5.56 Å². The number of sulfone groups is 1. The predicted molar refractivity (Wildman–Crippen MR) is 62.1 cm³/mol. The summed E-state index contributed by atoms with van der Waals surface area (Å²) in [6, 6.07) is 5.72. The second-order valence-electron chi connectivity index (χ2n) is 3.79. The second kappa shape index (κ2) is 4.49. The number of nitrogens with zero attached hydrogens (tertiary/aromatic N) is 1. The highest BCUT2D eigenvalue weighted by molar-refractivity contribution is 7.90. The molecule has 0 aliphatic carbocycles. The first kappa shape index (κ1) is 12.7. The molecule has 0 fully saturated rings. The van der Waals surface area contributed by atoms with Crippen LogP contribution in [0, 0.1) is 0 Å². The fourth-order valence-electron chi connectivity index (χ4n) is 1.57. The number of alkyl halides is 2. The van der Waals surface area contributed by atoms with Crippen LogP contribution in [0.15, 0.2) is 35.4 Å². The molecule has 0 radical (unpaired) electrons. The monoisotopic (exact) mass is 272 g/mol. The molecule has 0 unspecified atom stereocenters. The van der Waals surface area contributed by atoms with E-state index in [1.165, 1.54) is 30.5 Å². The van der Waals surface area contributed by atoms with E-state index >= 15 is 0 Å². The van der Waals surface area contributed by atoms with Crippen molar-refractivity contribution < 1.29 is 17.2 Å². The van der Waals surface area contributed by atoms with Gasteiger partial charge in [-0.2, -0.15) is 5.10 Å². The van der Waals surface area contributed by atoms with Gasteiger partial charge in [0.05, 0.1) is 11.1 Å². The van der Waals surface area contributed by atoms with E-state index in [1.54, 1.807) is 0 Å². The molecule has 0 aliphatic heterocycles. The van der Waals surface area contributed by atoms with Crippen molar-refractivity contribution in [1.29, 1.82) is 0 Å². The lowest BCUT2D eigenvalue weighted by Gasteiger charge is -2.03. The van der Waals surface area contributed by atoms with Crippen molar-refractivity contribution in [3.8, 4) is 11.1 Å². The Hall–Kier alpha value is -1.76. The molecule has 2 aromatic rings. The highest BCUT2D eigenvalue weighted by Crippen LogP contribution is 2.29. The van der Waals surface area contributed by atoms with Crippen LogP contribution in [0.3, 0.4) is 0 Å². The quantitative estimate of drug-likeness (QED) is 0.933. The molecule has 1 heterocycles. The zero-order valence-corrected chi connectivity index (χ0v) is 10.2. The molecule has 0 amide bonds. The molecule has 4 nitrogen and oxygen atoms in total. The van der Waals surface area contributed by atoms with E-state index in [1.807, 2.05) is 0 Å². The molecule has 0 saturated heterocycles. The third-order valence-electron chi connectivity index (χ3n) is 2.48. The lowest BCUT2D eigenvalue weighted by atomic mass is 10.1. The summed E-state index contributed by atoms with van der Waals surface area (Å²) < 4.78 is 47.8. The molecule has 1 aromatic carbocycles. The number of aromatic nitrogens is 2. The molecule has 0 spiro atoms. The highest BCUT2D eigenvalue weighted by atomic mass is 32.2. The number of aromatic amines is 1. The van der Waals surface area contributed by atoms with E-state index in [0.717, 1.165) is 6.26 Å². The summed E-state index contributed by atoms with van der Waals surface area (Å²) in [5.74, 6) is 0. The molecule has 18 heavy (non-hydrogen) atoms. The number of benzene rings is 1. The molecule has 0 saturated carbocycles. The molecule has 1 aromatic heterocycles. The normalized spacial score (nSPS) is 12.0. The summed E-state index contributed by atoms with van der Waals surface area (Å²) in [4.78, 5) is 0.147. The van der Waals surface area contributed by atoms with Gasteiger partial charge in [0.15, 0.2) is 9.84 Å². The Morgan fingerprint density at radius 2 is 1.83 bits per heavy atom. The third kappa shape index (κ3) is 2.40. The van der Waals surface area contributed by atoms with Crippen LogP contribution in [0.2, 0.25) is 0 Å². The summed E-state index contributed by atoms with van der Waals surface area (Å²) in [6.45, 7) is 0. The van der Waals surface area contributed by atoms with E-state index in [-0.39, 0.29) is 16.2 Å². The Kier molecular flexibility index (Phi) is 3.16. The summed E-state index contributed by atoms with van der Waals surface area (Å²) in [7, 11) is -3.29. The van der Waals surface area contributed by atoms with Crippen LogP contribution in [0.5, 0.6) is 0 Å². The van der Waals surface area contributed by atoms with Crippen LogP contribution in [-0.4, -0.2) is 24.9 Å². The van der Waals surface area contributed by atoms with Gasteiger partial charge < -0.3 is 0 Å². The van der Waals surface area contributed by atoms with Crippen LogP contribution in [-0.2, 0) is 9.84 Å². The lowest BCUT2D eigenvalue weighted by Crippen LogP contribution is -1.96. The zero-order chi connectivity index (χ0) is 13.3. The first-order chi connectivity index (χ1) is 8.39. The molecule has 0 aliphatic rings. The minimum atomic E-state index is -3.29. The number of hydrogen-bond donors (Lipinski definition) is 1. The number of nitrogens with one attached hydrogen (secondary N) is 1. The van der Waals surface area contributed by atoms with Gasteiger partial charge in [0, 0.05) is 11.8 Å². The van der Waals surface area contributed by atoms with Crippen molar-refractivity contribution in [3.05, 3.63) is 36.2 Å². The number of halogens is 2. The standard InChI is InChI=1S/C11H10F2N2O2S/c1-18(16,17)8-4-2-7(3-5-8)9-6-14-15-10(9)11(12)13/h2-6,11H,1H3,(H,14,15).